The van der Waals surface area contributed by atoms with Gasteiger partial charge in [0, 0.05) is 0 Å². The fourth-order valence-electron chi connectivity index (χ4n) is 1.46. The summed E-state index contributed by atoms with van der Waals surface area (Å²) in [6.07, 6.45) is 1.65. The fourth-order valence-corrected chi connectivity index (χ4v) is 1.46. The van der Waals surface area contributed by atoms with Gasteiger partial charge in [0.05, 0.1) is 0 Å². The lowest BCUT2D eigenvalue weighted by atomic mass is 9.98. The summed E-state index contributed by atoms with van der Waals surface area (Å²) in [6, 6.07) is 4.04. The molecule has 0 aromatic heterocycles. The lowest BCUT2D eigenvalue weighted by Crippen LogP contribution is -2.08. The largest absolute Gasteiger partial charge is 0.330 e. The predicted octanol–water partition coefficient (Wildman–Crippen LogP) is 2.49. The van der Waals surface area contributed by atoms with E-state index in [0.29, 0.717) is 12.5 Å². The summed E-state index contributed by atoms with van der Waals surface area (Å²) in [6.45, 7) is 2.68. The average molecular weight is 199 g/mol. The van der Waals surface area contributed by atoms with Gasteiger partial charge < -0.3 is 5.73 Å². The molecule has 0 aliphatic rings. The molecule has 0 spiro atoms. The van der Waals surface area contributed by atoms with Gasteiger partial charge in [0.2, 0.25) is 0 Å². The Morgan fingerprint density at radius 1 is 1.29 bits per heavy atom. The molecule has 3 heteroatoms. The Morgan fingerprint density at radius 2 is 2.00 bits per heavy atom. The van der Waals surface area contributed by atoms with Crippen LogP contribution in [-0.2, 0) is 6.42 Å². The van der Waals surface area contributed by atoms with Gasteiger partial charge >= 0.3 is 0 Å². The molecular weight excluding hydrogens is 184 g/mol. The standard InChI is InChI=1S/C11H15F2N/c1-8(4-5-14)6-9-2-3-10(12)11(13)7-9/h2-3,7-8H,4-6,14H2,1H3. The van der Waals surface area contributed by atoms with Crippen LogP contribution in [0.1, 0.15) is 18.9 Å². The Morgan fingerprint density at radius 3 is 2.57 bits per heavy atom. The molecule has 1 rings (SSSR count). The molecule has 0 saturated heterocycles. The molecule has 1 unspecified atom stereocenters. The quantitative estimate of drug-likeness (QED) is 0.792. The van der Waals surface area contributed by atoms with E-state index in [1.54, 1.807) is 6.07 Å². The van der Waals surface area contributed by atoms with Crippen molar-refractivity contribution in [2.24, 2.45) is 11.7 Å². The van der Waals surface area contributed by atoms with E-state index >= 15 is 0 Å². The van der Waals surface area contributed by atoms with Crippen LogP contribution in [0.2, 0.25) is 0 Å². The van der Waals surface area contributed by atoms with Gasteiger partial charge in [-0.1, -0.05) is 13.0 Å². The molecule has 2 N–H and O–H groups in total. The van der Waals surface area contributed by atoms with Crippen molar-refractivity contribution in [1.29, 1.82) is 0 Å². The van der Waals surface area contributed by atoms with Crippen molar-refractivity contribution in [2.75, 3.05) is 6.54 Å². The molecule has 0 aliphatic carbocycles. The maximum atomic E-state index is 12.8. The van der Waals surface area contributed by atoms with E-state index in [0.717, 1.165) is 18.4 Å². The summed E-state index contributed by atoms with van der Waals surface area (Å²) in [5.41, 5.74) is 6.23. The number of hydrogen-bond acceptors (Lipinski definition) is 1. The molecule has 14 heavy (non-hydrogen) atoms. The molecule has 1 atom stereocenters. The fraction of sp³-hybridized carbons (Fsp3) is 0.455. The van der Waals surface area contributed by atoms with Crippen molar-refractivity contribution in [3.63, 3.8) is 0 Å². The molecule has 1 aromatic carbocycles. The minimum absolute atomic E-state index is 0.407. The minimum atomic E-state index is -0.791. The Hall–Kier alpha value is -0.960. The Labute approximate surface area is 82.9 Å². The highest BCUT2D eigenvalue weighted by Crippen LogP contribution is 2.14. The van der Waals surface area contributed by atoms with Gasteiger partial charge in [-0.15, -0.1) is 0 Å². The highest BCUT2D eigenvalue weighted by molar-refractivity contribution is 5.18. The van der Waals surface area contributed by atoms with Crippen LogP contribution in [0.3, 0.4) is 0 Å². The summed E-state index contributed by atoms with van der Waals surface area (Å²) in [5, 5.41) is 0. The van der Waals surface area contributed by atoms with E-state index < -0.39 is 11.6 Å². The van der Waals surface area contributed by atoms with Crippen molar-refractivity contribution in [2.45, 2.75) is 19.8 Å². The highest BCUT2D eigenvalue weighted by atomic mass is 19.2. The van der Waals surface area contributed by atoms with Gasteiger partial charge in [-0.25, -0.2) is 8.78 Å². The van der Waals surface area contributed by atoms with Crippen LogP contribution in [-0.4, -0.2) is 6.54 Å². The van der Waals surface area contributed by atoms with Crippen molar-refractivity contribution in [1.82, 2.24) is 0 Å². The third-order valence-electron chi connectivity index (χ3n) is 2.23. The van der Waals surface area contributed by atoms with Gasteiger partial charge in [-0.2, -0.15) is 0 Å². The van der Waals surface area contributed by atoms with Crippen molar-refractivity contribution >= 4 is 0 Å². The second kappa shape index (κ2) is 5.05. The number of rotatable bonds is 4. The number of hydrogen-bond donors (Lipinski definition) is 1. The zero-order chi connectivity index (χ0) is 10.6. The maximum Gasteiger partial charge on any atom is 0.159 e. The first-order chi connectivity index (χ1) is 6.63. The average Bonchev–Trinajstić information content (AvgIpc) is 2.12. The molecule has 0 bridgehead atoms. The van der Waals surface area contributed by atoms with Crippen LogP contribution >= 0.6 is 0 Å². The Kier molecular flexibility index (Phi) is 4.01. The molecular formula is C11H15F2N. The minimum Gasteiger partial charge on any atom is -0.330 e. The normalized spacial score (nSPS) is 12.9. The van der Waals surface area contributed by atoms with Crippen LogP contribution in [0, 0.1) is 17.6 Å². The Bertz CT molecular complexity index is 299. The number of benzene rings is 1. The molecule has 0 heterocycles. The molecule has 1 nitrogen and oxygen atoms in total. The smallest absolute Gasteiger partial charge is 0.159 e. The van der Waals surface area contributed by atoms with Crippen LogP contribution < -0.4 is 5.73 Å². The first-order valence-electron chi connectivity index (χ1n) is 4.77. The van der Waals surface area contributed by atoms with Crippen LogP contribution in [0.4, 0.5) is 8.78 Å². The van der Waals surface area contributed by atoms with E-state index in [-0.39, 0.29) is 0 Å². The van der Waals surface area contributed by atoms with E-state index in [9.17, 15) is 8.78 Å². The monoisotopic (exact) mass is 199 g/mol. The van der Waals surface area contributed by atoms with Gasteiger partial charge in [-0.05, 0) is 43.0 Å². The van der Waals surface area contributed by atoms with E-state index in [4.69, 9.17) is 5.73 Å². The summed E-state index contributed by atoms with van der Waals surface area (Å²) < 4.78 is 25.4. The van der Waals surface area contributed by atoms with E-state index in [1.165, 1.54) is 12.1 Å². The van der Waals surface area contributed by atoms with E-state index in [2.05, 4.69) is 0 Å². The molecule has 78 valence electrons. The molecule has 1 aromatic rings. The summed E-state index contributed by atoms with van der Waals surface area (Å²) in [7, 11) is 0. The SMILES string of the molecule is CC(CCN)Cc1ccc(F)c(F)c1. The first-order valence-corrected chi connectivity index (χ1v) is 4.77. The van der Waals surface area contributed by atoms with Gasteiger partial charge in [-0.3, -0.25) is 0 Å². The molecule has 0 saturated carbocycles. The van der Waals surface area contributed by atoms with Gasteiger partial charge in [0.15, 0.2) is 11.6 Å². The zero-order valence-electron chi connectivity index (χ0n) is 8.26. The summed E-state index contributed by atoms with van der Waals surface area (Å²) in [4.78, 5) is 0. The molecule has 0 aliphatic heterocycles. The second-order valence-electron chi connectivity index (χ2n) is 3.64. The van der Waals surface area contributed by atoms with Crippen molar-refractivity contribution < 1.29 is 8.78 Å². The maximum absolute atomic E-state index is 12.8. The van der Waals surface area contributed by atoms with Crippen LogP contribution in [0.15, 0.2) is 18.2 Å². The van der Waals surface area contributed by atoms with Crippen molar-refractivity contribution in [3.05, 3.63) is 35.4 Å². The van der Waals surface area contributed by atoms with Crippen LogP contribution in [0.25, 0.3) is 0 Å². The highest BCUT2D eigenvalue weighted by Gasteiger charge is 2.06. The molecule has 0 fully saturated rings. The van der Waals surface area contributed by atoms with Gasteiger partial charge in [0.1, 0.15) is 0 Å². The summed E-state index contributed by atoms with van der Waals surface area (Å²) >= 11 is 0. The first kappa shape index (κ1) is 11.1. The lowest BCUT2D eigenvalue weighted by molar-refractivity contribution is 0.500. The van der Waals surface area contributed by atoms with Gasteiger partial charge in [0.25, 0.3) is 0 Å². The zero-order valence-corrected chi connectivity index (χ0v) is 8.26. The second-order valence-corrected chi connectivity index (χ2v) is 3.64. The lowest BCUT2D eigenvalue weighted by Gasteiger charge is -2.09. The molecule has 0 amide bonds. The number of nitrogens with two attached hydrogens (primary N) is 1. The molecule has 0 radical (unpaired) electrons. The summed E-state index contributed by atoms with van der Waals surface area (Å²) in [5.74, 6) is -1.16. The topological polar surface area (TPSA) is 26.0 Å². The predicted molar refractivity (Wildman–Crippen MR) is 52.9 cm³/mol. The van der Waals surface area contributed by atoms with Crippen molar-refractivity contribution in [3.8, 4) is 0 Å². The third-order valence-corrected chi connectivity index (χ3v) is 2.23. The third kappa shape index (κ3) is 3.07. The Balaban J connectivity index is 2.63. The number of halogens is 2. The van der Waals surface area contributed by atoms with E-state index in [1.807, 2.05) is 6.92 Å². The van der Waals surface area contributed by atoms with Crippen LogP contribution in [0.5, 0.6) is 0 Å².